The number of hydrogen-bond acceptors (Lipinski definition) is 18. The first-order valence-corrected chi connectivity index (χ1v) is 36.6. The third-order valence-electron chi connectivity index (χ3n) is 18.8. The fraction of sp³-hybridized carbons (Fsp3) is 0.500. The second kappa shape index (κ2) is 27.1. The van der Waals surface area contributed by atoms with E-state index in [4.69, 9.17) is 5.26 Å². The smallest absolute Gasteiger partial charge is 0.396 e. The van der Waals surface area contributed by atoms with E-state index in [1.54, 1.807) is 53.6 Å². The number of aromatic nitrogens is 4. The predicted octanol–water partition coefficient (Wildman–Crippen LogP) is 7.24. The maximum absolute atomic E-state index is 12.9. The van der Waals surface area contributed by atoms with Crippen molar-refractivity contribution in [1.29, 1.82) is 5.26 Å². The van der Waals surface area contributed by atoms with Crippen molar-refractivity contribution >= 4 is 60.3 Å². The molecule has 6 fully saturated rings. The van der Waals surface area contributed by atoms with Gasteiger partial charge in [0.2, 0.25) is 0 Å². The first kappa shape index (κ1) is 65.9. The van der Waals surface area contributed by atoms with Gasteiger partial charge in [-0.05, 0) is 173 Å². The first-order valence-electron chi connectivity index (χ1n) is 30.6. The number of rotatable bonds is 12. The number of aliphatic hydroxyl groups is 1. The number of nitriles is 1. The highest BCUT2D eigenvalue weighted by Gasteiger charge is 2.59. The molecule has 5 aromatic rings. The molecule has 4 aliphatic heterocycles. The zero-order valence-electron chi connectivity index (χ0n) is 50.0. The minimum absolute atomic E-state index is 0.0405. The number of benzene rings is 1. The molecule has 8 heterocycles. The van der Waals surface area contributed by atoms with Gasteiger partial charge in [0, 0.05) is 77.7 Å². The second-order valence-corrected chi connectivity index (χ2v) is 31.2. The van der Waals surface area contributed by atoms with Crippen LogP contribution in [-0.2, 0) is 66.3 Å². The van der Waals surface area contributed by atoms with Gasteiger partial charge >= 0.3 is 6.18 Å². The standard InChI is InChI=1S/C20H23N3O3S.C16H19N3O2S.C15H18N4O2S.C11H12F3N3O2S/c24-13-16-11-15(14-5-2-1-3-6-14)8-9-18(16)23-27(25,26)20-17-7-4-10-21-19(17)12-22-20;20-22(21,15-13-2-1-3-17-14(13)9-18-15)19-16-7-10-4-11(8-16)6-12(16)5-10;16-8-11-3-5-12(6-4-11)9-19-22(20,21)15-13-2-1-7-17-14(13)10-18-15;1-2-9(11(12,13)14)17-20(18,19)10-7-4-3-5-15-8(7)6-16-10/h1-7,10,15-16,18,23-24H,8-9,11-13H2;1-3,10-12,19H,4-9H2;1-2,7,11-12,19H,3-6,9-10H2;3-5,9,17H,2,6H2,1H3/t;;;9-/m...0/s1. The number of aliphatic hydroxyl groups excluding tert-OH is 1. The topological polar surface area (TPSA) is 330 Å². The Bertz CT molecular complexity index is 4150. The quantitative estimate of drug-likeness (QED) is 0.0822. The van der Waals surface area contributed by atoms with Crippen molar-refractivity contribution < 1.29 is 51.9 Å². The van der Waals surface area contributed by atoms with E-state index < -0.39 is 58.7 Å². The zero-order chi connectivity index (χ0) is 64.3. The number of hydrogen-bond donors (Lipinski definition) is 5. The van der Waals surface area contributed by atoms with Gasteiger partial charge < -0.3 is 5.11 Å². The van der Waals surface area contributed by atoms with Crippen LogP contribution in [0.3, 0.4) is 0 Å². The van der Waals surface area contributed by atoms with Gasteiger partial charge in [-0.15, -0.1) is 0 Å². The van der Waals surface area contributed by atoms with E-state index in [1.807, 2.05) is 24.3 Å². The monoisotopic (exact) mass is 1330 g/mol. The molecule has 0 radical (unpaired) electrons. The van der Waals surface area contributed by atoms with Crippen LogP contribution in [0.15, 0.2) is 124 Å². The molecule has 5 N–H and O–H groups in total. The molecule has 1 aromatic carbocycles. The van der Waals surface area contributed by atoms with E-state index >= 15 is 0 Å². The van der Waals surface area contributed by atoms with E-state index in [-0.39, 0.29) is 68.9 Å². The van der Waals surface area contributed by atoms with Crippen molar-refractivity contribution in [2.45, 2.75) is 146 Å². The Hall–Kier alpha value is -6.62. The van der Waals surface area contributed by atoms with Crippen LogP contribution in [-0.4, -0.2) is 116 Å². The Morgan fingerprint density at radius 2 is 1.07 bits per heavy atom. The van der Waals surface area contributed by atoms with Crippen molar-refractivity contribution in [2.24, 2.45) is 55.5 Å². The normalized spacial score (nSPS) is 26.3. The molecule has 6 aliphatic carbocycles. The molecule has 22 nitrogen and oxygen atoms in total. The van der Waals surface area contributed by atoms with Gasteiger partial charge in [0.05, 0.1) is 55.0 Å². The van der Waals surface area contributed by atoms with Gasteiger partial charge in [0.25, 0.3) is 40.1 Å². The third kappa shape index (κ3) is 14.6. The van der Waals surface area contributed by atoms with Gasteiger partial charge in [-0.1, -0.05) is 37.3 Å². The lowest BCUT2D eigenvalue weighted by Crippen LogP contribution is -2.51. The summed E-state index contributed by atoms with van der Waals surface area (Å²) in [6, 6.07) is 23.6. The summed E-state index contributed by atoms with van der Waals surface area (Å²) in [4.78, 5) is 32.9. The molecule has 0 amide bonds. The van der Waals surface area contributed by atoms with Crippen molar-refractivity contribution in [3.8, 4) is 6.07 Å². The molecule has 6 saturated carbocycles. The Morgan fingerprint density at radius 3 is 1.53 bits per heavy atom. The fourth-order valence-electron chi connectivity index (χ4n) is 14.5. The van der Waals surface area contributed by atoms with Gasteiger partial charge in [-0.2, -0.15) is 23.2 Å². The number of halogens is 3. The van der Waals surface area contributed by atoms with Crippen LogP contribution in [0.1, 0.15) is 147 Å². The summed E-state index contributed by atoms with van der Waals surface area (Å²) in [5.41, 5.74) is 5.73. The average Bonchev–Trinajstić information content (AvgIpc) is 1.59. The second-order valence-electron chi connectivity index (χ2n) is 24.7. The van der Waals surface area contributed by atoms with Crippen molar-refractivity contribution in [2.75, 3.05) is 13.2 Å². The van der Waals surface area contributed by atoms with E-state index in [1.165, 1.54) is 50.1 Å². The lowest BCUT2D eigenvalue weighted by atomic mass is 9.76. The number of sulfonamides is 4. The lowest BCUT2D eigenvalue weighted by molar-refractivity contribution is -0.151. The molecule has 91 heavy (non-hydrogen) atoms. The number of aliphatic imine (C=N–C) groups is 4. The van der Waals surface area contributed by atoms with Crippen molar-refractivity contribution in [1.82, 2.24) is 38.8 Å². The molecule has 6 atom stereocenters. The Labute approximate surface area is 528 Å². The maximum atomic E-state index is 12.9. The lowest BCUT2D eigenvalue weighted by Gasteiger charge is -2.35. The molecule has 29 heteroatoms. The average molecular weight is 1330 g/mol. The minimum atomic E-state index is -4.64. The van der Waals surface area contributed by atoms with E-state index in [9.17, 15) is 51.9 Å². The number of nitrogens with one attached hydrogen (secondary N) is 4. The molecule has 0 saturated heterocycles. The van der Waals surface area contributed by atoms with Crippen molar-refractivity contribution in [3.05, 3.63) is 154 Å². The number of pyridine rings is 4. The van der Waals surface area contributed by atoms with E-state index in [0.717, 1.165) is 68.9 Å². The Kier molecular flexibility index (Phi) is 19.6. The highest BCUT2D eigenvalue weighted by Crippen LogP contribution is 2.60. The molecule has 4 bridgehead atoms. The van der Waals surface area contributed by atoms with Crippen molar-refractivity contribution in [3.63, 3.8) is 0 Å². The van der Waals surface area contributed by atoms with Gasteiger partial charge in [-0.3, -0.25) is 39.9 Å². The van der Waals surface area contributed by atoms with Crippen LogP contribution in [0.2, 0.25) is 0 Å². The highest BCUT2D eigenvalue weighted by atomic mass is 32.2. The first-order chi connectivity index (χ1) is 43.5. The minimum Gasteiger partial charge on any atom is -0.396 e. The summed E-state index contributed by atoms with van der Waals surface area (Å²) in [6.45, 7) is 2.66. The highest BCUT2D eigenvalue weighted by molar-refractivity contribution is 8.06. The summed E-state index contributed by atoms with van der Waals surface area (Å²) < 4.78 is 149. The summed E-state index contributed by atoms with van der Waals surface area (Å²) in [5, 5.41) is 18.7. The van der Waals surface area contributed by atoms with Gasteiger partial charge in [-0.25, -0.2) is 47.8 Å². The molecular weight excluding hydrogens is 1260 g/mol. The summed E-state index contributed by atoms with van der Waals surface area (Å²) >= 11 is 0. The van der Waals surface area contributed by atoms with Crippen LogP contribution in [0.25, 0.3) is 0 Å². The predicted molar refractivity (Wildman–Crippen MR) is 336 cm³/mol. The molecule has 484 valence electrons. The third-order valence-corrected chi connectivity index (χ3v) is 24.7. The summed E-state index contributed by atoms with van der Waals surface area (Å²) in [6.07, 6.45) is 13.0. The Morgan fingerprint density at radius 1 is 0.593 bits per heavy atom. The van der Waals surface area contributed by atoms with E-state index in [0.29, 0.717) is 77.6 Å². The Balaban J connectivity index is 0.000000125. The van der Waals surface area contributed by atoms with Crippen LogP contribution < -0.4 is 18.9 Å². The zero-order valence-corrected chi connectivity index (χ0v) is 53.2. The molecule has 10 aliphatic rings. The molecule has 15 rings (SSSR count). The van der Waals surface area contributed by atoms with Crippen LogP contribution in [0, 0.1) is 46.8 Å². The SMILES string of the molecule is CC[C@H](NS(=O)(=O)C1=NCc2ncccc21)C(F)(F)F.N#CC1CCC(CNS(=O)(=O)C2=NCc3ncccc32)CC1.O=S(=O)(NC12CC3CC(CC1C3)C2)C1=NCc2ncccc21.O=S(=O)(NC1CCC(c2ccccc2)CC1CO)C1=NCc2ncccc21. The van der Waals surface area contributed by atoms with Crippen LogP contribution in [0.5, 0.6) is 0 Å². The number of nitrogens with zero attached hydrogens (tertiary/aromatic N) is 9. The molecule has 4 aromatic heterocycles. The summed E-state index contributed by atoms with van der Waals surface area (Å²) in [5.74, 6) is 2.63. The number of fused-ring (bicyclic) bond motifs is 4. The summed E-state index contributed by atoms with van der Waals surface area (Å²) in [7, 11) is -15.2. The number of alkyl halides is 3. The maximum Gasteiger partial charge on any atom is 0.404 e. The van der Waals surface area contributed by atoms with Gasteiger partial charge in [0.1, 0.15) is 6.04 Å². The van der Waals surface area contributed by atoms with Gasteiger partial charge in [0.15, 0.2) is 20.2 Å². The largest absolute Gasteiger partial charge is 0.404 e. The van der Waals surface area contributed by atoms with Crippen LogP contribution in [0.4, 0.5) is 13.2 Å². The molecular formula is C62H72F3N13O9S4. The van der Waals surface area contributed by atoms with E-state index in [2.05, 4.69) is 72.3 Å². The molecule has 5 unspecified atom stereocenters. The molecule has 0 spiro atoms. The fourth-order valence-corrected chi connectivity index (χ4v) is 20.5. The van der Waals surface area contributed by atoms with Crippen LogP contribution >= 0.6 is 0 Å².